The normalized spacial score (nSPS) is 9.94. The summed E-state index contributed by atoms with van der Waals surface area (Å²) >= 11 is 0. The van der Waals surface area contributed by atoms with E-state index in [0.29, 0.717) is 5.75 Å². The molecule has 2 aromatic carbocycles. The van der Waals surface area contributed by atoms with Gasteiger partial charge in [0.1, 0.15) is 17.2 Å². The summed E-state index contributed by atoms with van der Waals surface area (Å²) in [4.78, 5) is 0. The first-order valence-corrected chi connectivity index (χ1v) is 5.56. The summed E-state index contributed by atoms with van der Waals surface area (Å²) in [7, 11) is 4.90. The smallest absolute Gasteiger partial charge is 0.127 e. The van der Waals surface area contributed by atoms with E-state index in [9.17, 15) is 0 Å². The average molecular weight is 243 g/mol. The Morgan fingerprint density at radius 1 is 0.778 bits per heavy atom. The molecule has 0 N–H and O–H groups in total. The number of ether oxygens (including phenoxy) is 3. The first-order chi connectivity index (χ1) is 8.76. The first-order valence-electron chi connectivity index (χ1n) is 5.56. The maximum absolute atomic E-state index is 5.26. The van der Waals surface area contributed by atoms with Crippen molar-refractivity contribution in [3.05, 3.63) is 42.5 Å². The standard InChI is InChI=1S/C15H15O3/c1-16-13-6-4-5-11(7-13)12-8-14(17-2)10-15(9-12)18-3/h4-5,7-10H,1-3H3. The van der Waals surface area contributed by atoms with Gasteiger partial charge in [-0.25, -0.2) is 0 Å². The lowest BCUT2D eigenvalue weighted by atomic mass is 10.0. The molecule has 0 heterocycles. The van der Waals surface area contributed by atoms with Gasteiger partial charge in [-0.2, -0.15) is 0 Å². The molecular formula is C15H15O3. The molecule has 1 radical (unpaired) electrons. The van der Waals surface area contributed by atoms with Gasteiger partial charge in [-0.15, -0.1) is 0 Å². The molecule has 0 aliphatic heterocycles. The highest BCUT2D eigenvalue weighted by atomic mass is 16.5. The molecular weight excluding hydrogens is 228 g/mol. The highest BCUT2D eigenvalue weighted by molar-refractivity contribution is 5.68. The summed E-state index contributed by atoms with van der Waals surface area (Å²) in [5, 5.41) is 0. The third-order valence-corrected chi connectivity index (χ3v) is 2.68. The summed E-state index contributed by atoms with van der Waals surface area (Å²) in [6.45, 7) is 0. The van der Waals surface area contributed by atoms with Crippen molar-refractivity contribution in [2.45, 2.75) is 0 Å². The third-order valence-electron chi connectivity index (χ3n) is 2.68. The van der Waals surface area contributed by atoms with E-state index in [2.05, 4.69) is 6.07 Å². The largest absolute Gasteiger partial charge is 0.497 e. The number of methoxy groups -OCH3 is 3. The summed E-state index contributed by atoms with van der Waals surface area (Å²) in [6, 6.07) is 14.5. The van der Waals surface area contributed by atoms with Crippen LogP contribution in [0, 0.1) is 6.07 Å². The zero-order chi connectivity index (χ0) is 13.0. The molecule has 0 unspecified atom stereocenters. The molecule has 2 aromatic rings. The Morgan fingerprint density at radius 3 is 2.00 bits per heavy atom. The van der Waals surface area contributed by atoms with Crippen molar-refractivity contribution >= 4 is 0 Å². The minimum absolute atomic E-state index is 0.703. The SMILES string of the molecule is COc1[c]ccc(-c2cc(OC)cc(OC)c2)c1. The Labute approximate surface area is 107 Å². The van der Waals surface area contributed by atoms with Gasteiger partial charge in [-0.1, -0.05) is 6.07 Å². The van der Waals surface area contributed by atoms with E-state index in [1.165, 1.54) is 0 Å². The summed E-state index contributed by atoms with van der Waals surface area (Å²) in [6.07, 6.45) is 0. The minimum Gasteiger partial charge on any atom is -0.497 e. The number of benzene rings is 2. The zero-order valence-corrected chi connectivity index (χ0v) is 10.7. The van der Waals surface area contributed by atoms with Crippen molar-refractivity contribution in [3.63, 3.8) is 0 Å². The van der Waals surface area contributed by atoms with Crippen LogP contribution in [0.15, 0.2) is 36.4 Å². The maximum atomic E-state index is 5.26. The van der Waals surface area contributed by atoms with Crippen molar-refractivity contribution in [2.75, 3.05) is 21.3 Å². The van der Waals surface area contributed by atoms with Gasteiger partial charge in [-0.3, -0.25) is 0 Å². The molecule has 0 atom stereocenters. The predicted molar refractivity (Wildman–Crippen MR) is 70.4 cm³/mol. The van der Waals surface area contributed by atoms with Crippen LogP contribution in [0.1, 0.15) is 0 Å². The molecule has 3 heteroatoms. The van der Waals surface area contributed by atoms with Crippen molar-refractivity contribution in [1.82, 2.24) is 0 Å². The molecule has 0 amide bonds. The van der Waals surface area contributed by atoms with Crippen molar-refractivity contribution in [1.29, 1.82) is 0 Å². The molecule has 0 aliphatic carbocycles. The number of rotatable bonds is 4. The van der Waals surface area contributed by atoms with E-state index in [1.54, 1.807) is 21.3 Å². The van der Waals surface area contributed by atoms with E-state index >= 15 is 0 Å². The van der Waals surface area contributed by atoms with Gasteiger partial charge in [0.2, 0.25) is 0 Å². The molecule has 0 fully saturated rings. The van der Waals surface area contributed by atoms with Gasteiger partial charge in [0.15, 0.2) is 0 Å². The van der Waals surface area contributed by atoms with E-state index in [4.69, 9.17) is 14.2 Å². The monoisotopic (exact) mass is 243 g/mol. The fraction of sp³-hybridized carbons (Fsp3) is 0.200. The minimum atomic E-state index is 0.703. The zero-order valence-electron chi connectivity index (χ0n) is 10.7. The molecule has 3 nitrogen and oxygen atoms in total. The van der Waals surface area contributed by atoms with Crippen LogP contribution in [-0.4, -0.2) is 21.3 Å². The Kier molecular flexibility index (Phi) is 3.72. The molecule has 0 saturated carbocycles. The second kappa shape index (κ2) is 5.45. The number of hydrogen-bond acceptors (Lipinski definition) is 3. The van der Waals surface area contributed by atoms with Gasteiger partial charge in [0, 0.05) is 12.1 Å². The Balaban J connectivity index is 2.48. The third kappa shape index (κ3) is 2.56. The molecule has 0 aromatic heterocycles. The topological polar surface area (TPSA) is 27.7 Å². The summed E-state index contributed by atoms with van der Waals surface area (Å²) < 4.78 is 15.7. The van der Waals surface area contributed by atoms with Crippen LogP contribution in [-0.2, 0) is 0 Å². The highest BCUT2D eigenvalue weighted by Crippen LogP contribution is 2.31. The quantitative estimate of drug-likeness (QED) is 0.825. The van der Waals surface area contributed by atoms with E-state index in [-0.39, 0.29) is 0 Å². The second-order valence-corrected chi connectivity index (χ2v) is 3.75. The van der Waals surface area contributed by atoms with Gasteiger partial charge < -0.3 is 14.2 Å². The van der Waals surface area contributed by atoms with E-state index < -0.39 is 0 Å². The molecule has 18 heavy (non-hydrogen) atoms. The van der Waals surface area contributed by atoms with Crippen molar-refractivity contribution in [3.8, 4) is 28.4 Å². The van der Waals surface area contributed by atoms with Crippen LogP contribution < -0.4 is 14.2 Å². The Bertz CT molecular complexity index is 513. The first kappa shape index (κ1) is 12.3. The van der Waals surface area contributed by atoms with Crippen molar-refractivity contribution in [2.24, 2.45) is 0 Å². The van der Waals surface area contributed by atoms with Crippen LogP contribution in [0.3, 0.4) is 0 Å². The molecule has 93 valence electrons. The van der Waals surface area contributed by atoms with Gasteiger partial charge in [-0.05, 0) is 35.4 Å². The Hall–Kier alpha value is -2.16. The molecule has 0 saturated heterocycles. The van der Waals surface area contributed by atoms with Gasteiger partial charge in [0.25, 0.3) is 0 Å². The van der Waals surface area contributed by atoms with E-state index in [1.807, 2.05) is 36.4 Å². The van der Waals surface area contributed by atoms with Crippen LogP contribution in [0.5, 0.6) is 17.2 Å². The maximum Gasteiger partial charge on any atom is 0.127 e. The predicted octanol–water partition coefficient (Wildman–Crippen LogP) is 3.18. The summed E-state index contributed by atoms with van der Waals surface area (Å²) in [5.41, 5.74) is 2.04. The molecule has 0 aliphatic rings. The highest BCUT2D eigenvalue weighted by Gasteiger charge is 2.05. The second-order valence-electron chi connectivity index (χ2n) is 3.75. The van der Waals surface area contributed by atoms with Crippen LogP contribution >= 0.6 is 0 Å². The van der Waals surface area contributed by atoms with Gasteiger partial charge >= 0.3 is 0 Å². The fourth-order valence-electron chi connectivity index (χ4n) is 1.72. The van der Waals surface area contributed by atoms with Crippen LogP contribution in [0.4, 0.5) is 0 Å². The lowest BCUT2D eigenvalue weighted by Crippen LogP contribution is -1.89. The lowest BCUT2D eigenvalue weighted by Gasteiger charge is -2.09. The molecule has 0 bridgehead atoms. The molecule has 2 rings (SSSR count). The van der Waals surface area contributed by atoms with Crippen molar-refractivity contribution < 1.29 is 14.2 Å². The average Bonchev–Trinajstić information content (AvgIpc) is 2.46. The fourth-order valence-corrected chi connectivity index (χ4v) is 1.72. The lowest BCUT2D eigenvalue weighted by molar-refractivity contribution is 0.394. The molecule has 0 spiro atoms. The Morgan fingerprint density at radius 2 is 1.44 bits per heavy atom. The number of hydrogen-bond donors (Lipinski definition) is 0. The van der Waals surface area contributed by atoms with Gasteiger partial charge in [0.05, 0.1) is 21.3 Å². The van der Waals surface area contributed by atoms with E-state index in [0.717, 1.165) is 22.6 Å². The van der Waals surface area contributed by atoms with Crippen LogP contribution in [0.2, 0.25) is 0 Å². The van der Waals surface area contributed by atoms with Crippen LogP contribution in [0.25, 0.3) is 11.1 Å². The summed E-state index contributed by atoms with van der Waals surface area (Å²) in [5.74, 6) is 2.22.